The summed E-state index contributed by atoms with van der Waals surface area (Å²) in [5.74, 6) is 0.232. The third-order valence-corrected chi connectivity index (χ3v) is 2.22. The van der Waals surface area contributed by atoms with Crippen LogP contribution in [0.2, 0.25) is 0 Å². The van der Waals surface area contributed by atoms with E-state index in [2.05, 4.69) is 4.98 Å². The number of rotatable bonds is 3. The zero-order chi connectivity index (χ0) is 9.97. The van der Waals surface area contributed by atoms with Crippen molar-refractivity contribution in [2.75, 3.05) is 0 Å². The summed E-state index contributed by atoms with van der Waals surface area (Å²) in [6.45, 7) is 1.62. The number of imidazole rings is 1. The molecule has 2 rings (SSSR count). The standard InChI is InChI=1S/C11H12N2O/c1-9(14)2-3-10-4-5-11-12-6-7-13(11)8-10/h4-8H,2-3H2,1H3. The molecule has 3 heteroatoms. The Balaban J connectivity index is 2.21. The highest BCUT2D eigenvalue weighted by atomic mass is 16.1. The second-order valence-corrected chi connectivity index (χ2v) is 3.43. The van der Waals surface area contributed by atoms with Crippen molar-refractivity contribution in [3.63, 3.8) is 0 Å². The molecular weight excluding hydrogens is 176 g/mol. The second-order valence-electron chi connectivity index (χ2n) is 3.43. The van der Waals surface area contributed by atoms with E-state index >= 15 is 0 Å². The van der Waals surface area contributed by atoms with E-state index in [1.807, 2.05) is 28.9 Å². The van der Waals surface area contributed by atoms with Crippen LogP contribution in [0, 0.1) is 0 Å². The molecule has 0 N–H and O–H groups in total. The maximum Gasteiger partial charge on any atom is 0.136 e. The zero-order valence-corrected chi connectivity index (χ0v) is 8.10. The minimum atomic E-state index is 0.232. The molecule has 0 atom stereocenters. The highest BCUT2D eigenvalue weighted by Crippen LogP contribution is 2.06. The first-order chi connectivity index (χ1) is 6.75. The van der Waals surface area contributed by atoms with Crippen LogP contribution in [-0.4, -0.2) is 15.2 Å². The Morgan fingerprint density at radius 3 is 3.14 bits per heavy atom. The normalized spacial score (nSPS) is 10.6. The summed E-state index contributed by atoms with van der Waals surface area (Å²) in [5.41, 5.74) is 2.11. The van der Waals surface area contributed by atoms with E-state index in [0.29, 0.717) is 6.42 Å². The van der Waals surface area contributed by atoms with Crippen LogP contribution in [0.15, 0.2) is 30.7 Å². The third-order valence-electron chi connectivity index (χ3n) is 2.22. The van der Waals surface area contributed by atoms with Gasteiger partial charge in [-0.3, -0.25) is 0 Å². The molecule has 3 nitrogen and oxygen atoms in total. The highest BCUT2D eigenvalue weighted by Gasteiger charge is 1.98. The maximum atomic E-state index is 10.8. The Labute approximate surface area is 82.4 Å². The number of ketones is 1. The van der Waals surface area contributed by atoms with Gasteiger partial charge in [-0.05, 0) is 25.0 Å². The number of hydrogen-bond acceptors (Lipinski definition) is 2. The summed E-state index contributed by atoms with van der Waals surface area (Å²) in [6.07, 6.45) is 7.12. The van der Waals surface area contributed by atoms with Gasteiger partial charge in [0.1, 0.15) is 11.4 Å². The minimum absolute atomic E-state index is 0.232. The predicted octanol–water partition coefficient (Wildman–Crippen LogP) is 1.86. The highest BCUT2D eigenvalue weighted by molar-refractivity contribution is 5.75. The third kappa shape index (κ3) is 1.82. The first-order valence-corrected chi connectivity index (χ1v) is 4.67. The van der Waals surface area contributed by atoms with Gasteiger partial charge in [0.15, 0.2) is 0 Å². The molecule has 0 saturated carbocycles. The van der Waals surface area contributed by atoms with Crippen molar-refractivity contribution in [3.05, 3.63) is 36.3 Å². The molecule has 0 aliphatic carbocycles. The lowest BCUT2D eigenvalue weighted by Gasteiger charge is -2.00. The lowest BCUT2D eigenvalue weighted by Crippen LogP contribution is -1.95. The first kappa shape index (κ1) is 8.94. The van der Waals surface area contributed by atoms with E-state index in [4.69, 9.17) is 0 Å². The van der Waals surface area contributed by atoms with Gasteiger partial charge in [0.05, 0.1) is 0 Å². The fourth-order valence-corrected chi connectivity index (χ4v) is 1.43. The minimum Gasteiger partial charge on any atom is -0.307 e. The molecule has 0 aliphatic rings. The zero-order valence-electron chi connectivity index (χ0n) is 8.10. The molecular formula is C11H12N2O. The summed E-state index contributed by atoms with van der Waals surface area (Å²) < 4.78 is 1.97. The van der Waals surface area contributed by atoms with E-state index in [9.17, 15) is 4.79 Å². The number of aromatic nitrogens is 2. The lowest BCUT2D eigenvalue weighted by atomic mass is 10.1. The predicted molar refractivity (Wildman–Crippen MR) is 54.2 cm³/mol. The Kier molecular flexibility index (Phi) is 2.31. The van der Waals surface area contributed by atoms with Crippen LogP contribution in [0.4, 0.5) is 0 Å². The van der Waals surface area contributed by atoms with Gasteiger partial charge in [-0.2, -0.15) is 0 Å². The van der Waals surface area contributed by atoms with Gasteiger partial charge in [-0.1, -0.05) is 6.07 Å². The number of hydrogen-bond donors (Lipinski definition) is 0. The van der Waals surface area contributed by atoms with Crippen molar-refractivity contribution >= 4 is 11.4 Å². The quantitative estimate of drug-likeness (QED) is 0.736. The van der Waals surface area contributed by atoms with E-state index < -0.39 is 0 Å². The Morgan fingerprint density at radius 2 is 2.36 bits per heavy atom. The molecule has 0 fully saturated rings. The van der Waals surface area contributed by atoms with Gasteiger partial charge in [0.25, 0.3) is 0 Å². The average molecular weight is 188 g/mol. The largest absolute Gasteiger partial charge is 0.307 e. The number of fused-ring (bicyclic) bond motifs is 1. The fourth-order valence-electron chi connectivity index (χ4n) is 1.43. The van der Waals surface area contributed by atoms with Crippen LogP contribution < -0.4 is 0 Å². The van der Waals surface area contributed by atoms with Crippen molar-refractivity contribution < 1.29 is 4.79 Å². The monoisotopic (exact) mass is 188 g/mol. The Morgan fingerprint density at radius 1 is 1.50 bits per heavy atom. The van der Waals surface area contributed by atoms with Crippen LogP contribution in [-0.2, 0) is 11.2 Å². The summed E-state index contributed by atoms with van der Waals surface area (Å²) in [5, 5.41) is 0. The molecule has 14 heavy (non-hydrogen) atoms. The summed E-state index contributed by atoms with van der Waals surface area (Å²) in [7, 11) is 0. The molecule has 2 aromatic rings. The molecule has 0 spiro atoms. The molecule has 0 aromatic carbocycles. The van der Waals surface area contributed by atoms with Crippen molar-refractivity contribution in [1.82, 2.24) is 9.38 Å². The molecule has 2 aromatic heterocycles. The number of carbonyl (C=O) groups is 1. The first-order valence-electron chi connectivity index (χ1n) is 4.67. The SMILES string of the molecule is CC(=O)CCc1ccc2nccn2c1. The molecule has 2 heterocycles. The molecule has 0 radical (unpaired) electrons. The Hall–Kier alpha value is -1.64. The number of Topliss-reactive ketones (excluding diaryl/α,β-unsaturated/α-hetero) is 1. The van der Waals surface area contributed by atoms with Gasteiger partial charge in [0, 0.05) is 25.0 Å². The van der Waals surface area contributed by atoms with Crippen molar-refractivity contribution in [1.29, 1.82) is 0 Å². The number of carbonyl (C=O) groups excluding carboxylic acids is 1. The summed E-state index contributed by atoms with van der Waals surface area (Å²) in [4.78, 5) is 15.0. The molecule has 0 unspecified atom stereocenters. The molecule has 0 aliphatic heterocycles. The van der Waals surface area contributed by atoms with Crippen LogP contribution in [0.5, 0.6) is 0 Å². The van der Waals surface area contributed by atoms with Crippen LogP contribution >= 0.6 is 0 Å². The maximum absolute atomic E-state index is 10.8. The number of aryl methyl sites for hydroxylation is 1. The summed E-state index contributed by atoms with van der Waals surface area (Å²) in [6, 6.07) is 3.99. The van der Waals surface area contributed by atoms with E-state index in [1.165, 1.54) is 5.56 Å². The van der Waals surface area contributed by atoms with Gasteiger partial charge in [-0.25, -0.2) is 4.98 Å². The Bertz CT molecular complexity index is 459. The van der Waals surface area contributed by atoms with E-state index in [-0.39, 0.29) is 5.78 Å². The topological polar surface area (TPSA) is 34.4 Å². The second kappa shape index (κ2) is 3.62. The van der Waals surface area contributed by atoms with E-state index in [1.54, 1.807) is 13.1 Å². The number of nitrogens with zero attached hydrogens (tertiary/aromatic N) is 2. The molecule has 0 bridgehead atoms. The van der Waals surface area contributed by atoms with Gasteiger partial charge in [-0.15, -0.1) is 0 Å². The fraction of sp³-hybridized carbons (Fsp3) is 0.273. The van der Waals surface area contributed by atoms with E-state index in [0.717, 1.165) is 12.1 Å². The van der Waals surface area contributed by atoms with Gasteiger partial charge in [0.2, 0.25) is 0 Å². The van der Waals surface area contributed by atoms with Crippen LogP contribution in [0.1, 0.15) is 18.9 Å². The van der Waals surface area contributed by atoms with Crippen LogP contribution in [0.3, 0.4) is 0 Å². The molecule has 0 saturated heterocycles. The molecule has 72 valence electrons. The average Bonchev–Trinajstić information content (AvgIpc) is 2.61. The number of pyridine rings is 1. The van der Waals surface area contributed by atoms with Crippen molar-refractivity contribution in [2.45, 2.75) is 19.8 Å². The van der Waals surface area contributed by atoms with Crippen molar-refractivity contribution in [3.8, 4) is 0 Å². The van der Waals surface area contributed by atoms with Gasteiger partial charge < -0.3 is 9.20 Å². The molecule has 0 amide bonds. The summed E-state index contributed by atoms with van der Waals surface area (Å²) >= 11 is 0. The van der Waals surface area contributed by atoms with Crippen LogP contribution in [0.25, 0.3) is 5.65 Å². The van der Waals surface area contributed by atoms with Crippen molar-refractivity contribution in [2.24, 2.45) is 0 Å². The smallest absolute Gasteiger partial charge is 0.136 e. The lowest BCUT2D eigenvalue weighted by molar-refractivity contribution is -0.116. The van der Waals surface area contributed by atoms with Gasteiger partial charge >= 0.3 is 0 Å².